The zero-order valence-corrected chi connectivity index (χ0v) is 11.1. The Morgan fingerprint density at radius 3 is 2.56 bits per heavy atom. The van der Waals surface area contributed by atoms with E-state index in [0.29, 0.717) is 32.9 Å². The molecule has 1 amide bonds. The molecule has 1 rings (SSSR count). The first kappa shape index (κ1) is 14.5. The summed E-state index contributed by atoms with van der Waals surface area (Å²) >= 11 is 0. The Balaban J connectivity index is 2.33. The molecule has 100 valence electrons. The predicted molar refractivity (Wildman–Crippen MR) is 70.4 cm³/mol. The summed E-state index contributed by atoms with van der Waals surface area (Å²) in [5, 5.41) is 0. The third-order valence-corrected chi connectivity index (χ3v) is 2.55. The van der Waals surface area contributed by atoms with Crippen LogP contribution in [0.5, 0.6) is 0 Å². The number of nitrogens with zero attached hydrogens (tertiary/aromatic N) is 1. The van der Waals surface area contributed by atoms with Crippen molar-refractivity contribution in [1.82, 2.24) is 4.90 Å². The van der Waals surface area contributed by atoms with Crippen LogP contribution in [0.2, 0.25) is 0 Å². The fraction of sp³-hybridized carbons (Fsp3) is 0.500. The average molecular weight is 251 g/mol. The molecule has 0 radical (unpaired) electrons. The van der Waals surface area contributed by atoms with Gasteiger partial charge >= 0.3 is 6.09 Å². The number of hydrogen-bond acceptors (Lipinski definition) is 3. The first-order valence-electron chi connectivity index (χ1n) is 6.31. The molecule has 4 nitrogen and oxygen atoms in total. The van der Waals surface area contributed by atoms with Crippen molar-refractivity contribution in [1.29, 1.82) is 0 Å². The summed E-state index contributed by atoms with van der Waals surface area (Å²) < 4.78 is 10.5. The number of ether oxygens (including phenoxy) is 2. The van der Waals surface area contributed by atoms with Crippen LogP contribution in [0.4, 0.5) is 4.79 Å². The van der Waals surface area contributed by atoms with Gasteiger partial charge in [0.2, 0.25) is 0 Å². The second-order valence-electron chi connectivity index (χ2n) is 3.82. The monoisotopic (exact) mass is 251 g/mol. The Morgan fingerprint density at radius 1 is 1.22 bits per heavy atom. The van der Waals surface area contributed by atoms with Crippen molar-refractivity contribution >= 4 is 6.09 Å². The van der Waals surface area contributed by atoms with E-state index < -0.39 is 0 Å². The highest BCUT2D eigenvalue weighted by molar-refractivity contribution is 5.67. The second kappa shape index (κ2) is 8.53. The lowest BCUT2D eigenvalue weighted by Crippen LogP contribution is -2.34. The van der Waals surface area contributed by atoms with E-state index in [1.165, 1.54) is 0 Å². The molecule has 0 saturated carbocycles. The highest BCUT2D eigenvalue weighted by Crippen LogP contribution is 2.03. The van der Waals surface area contributed by atoms with Gasteiger partial charge in [0.05, 0.1) is 6.61 Å². The molecule has 0 saturated heterocycles. The van der Waals surface area contributed by atoms with Crippen LogP contribution < -0.4 is 0 Å². The fourth-order valence-corrected chi connectivity index (χ4v) is 1.51. The van der Waals surface area contributed by atoms with Crippen molar-refractivity contribution in [3.63, 3.8) is 0 Å². The number of amides is 1. The average Bonchev–Trinajstić information content (AvgIpc) is 2.42. The van der Waals surface area contributed by atoms with Gasteiger partial charge < -0.3 is 14.4 Å². The topological polar surface area (TPSA) is 38.8 Å². The molecule has 4 heteroatoms. The van der Waals surface area contributed by atoms with Crippen molar-refractivity contribution in [2.45, 2.75) is 20.5 Å². The van der Waals surface area contributed by atoms with Crippen LogP contribution in [0.15, 0.2) is 30.3 Å². The van der Waals surface area contributed by atoms with Crippen LogP contribution in [0, 0.1) is 0 Å². The summed E-state index contributed by atoms with van der Waals surface area (Å²) in [4.78, 5) is 13.4. The molecular formula is C14H21NO3. The summed E-state index contributed by atoms with van der Waals surface area (Å²) in [5.74, 6) is 0. The van der Waals surface area contributed by atoms with Crippen molar-refractivity contribution < 1.29 is 14.3 Å². The highest BCUT2D eigenvalue weighted by atomic mass is 16.6. The van der Waals surface area contributed by atoms with Crippen molar-refractivity contribution in [3.8, 4) is 0 Å². The van der Waals surface area contributed by atoms with Gasteiger partial charge in [0.1, 0.15) is 6.61 Å². The number of hydrogen-bond donors (Lipinski definition) is 0. The maximum atomic E-state index is 11.8. The molecular weight excluding hydrogens is 230 g/mol. The summed E-state index contributed by atoms with van der Waals surface area (Å²) in [7, 11) is 0. The van der Waals surface area contributed by atoms with E-state index in [9.17, 15) is 4.79 Å². The van der Waals surface area contributed by atoms with Crippen molar-refractivity contribution in [2.75, 3.05) is 26.3 Å². The third kappa shape index (κ3) is 5.19. The van der Waals surface area contributed by atoms with Gasteiger partial charge in [0, 0.05) is 19.7 Å². The van der Waals surface area contributed by atoms with E-state index in [-0.39, 0.29) is 6.09 Å². The second-order valence-corrected chi connectivity index (χ2v) is 3.82. The number of benzene rings is 1. The maximum Gasteiger partial charge on any atom is 0.410 e. The number of carbonyl (C=O) groups is 1. The quantitative estimate of drug-likeness (QED) is 0.699. The summed E-state index contributed by atoms with van der Waals surface area (Å²) in [6, 6.07) is 9.66. The molecule has 0 aliphatic carbocycles. The minimum Gasteiger partial charge on any atom is -0.445 e. The minimum atomic E-state index is -0.291. The van der Waals surface area contributed by atoms with Crippen LogP contribution >= 0.6 is 0 Å². The smallest absolute Gasteiger partial charge is 0.410 e. The largest absolute Gasteiger partial charge is 0.445 e. The SMILES string of the molecule is CCOCCN(CC)C(=O)OCc1ccccc1. The lowest BCUT2D eigenvalue weighted by atomic mass is 10.2. The molecule has 0 bridgehead atoms. The Hall–Kier alpha value is -1.55. The van der Waals surface area contributed by atoms with E-state index in [0.717, 1.165) is 5.56 Å². The van der Waals surface area contributed by atoms with Gasteiger partial charge in [0.15, 0.2) is 0 Å². The molecule has 0 N–H and O–H groups in total. The zero-order valence-electron chi connectivity index (χ0n) is 11.1. The number of likely N-dealkylation sites (N-methyl/N-ethyl adjacent to an activating group) is 1. The Labute approximate surface area is 108 Å². The minimum absolute atomic E-state index is 0.291. The Kier molecular flexibility index (Phi) is 6.87. The molecule has 0 heterocycles. The van der Waals surface area contributed by atoms with Gasteiger partial charge in [0.25, 0.3) is 0 Å². The van der Waals surface area contributed by atoms with E-state index >= 15 is 0 Å². The number of rotatable bonds is 7. The lowest BCUT2D eigenvalue weighted by Gasteiger charge is -2.20. The van der Waals surface area contributed by atoms with Gasteiger partial charge in [-0.1, -0.05) is 30.3 Å². The standard InChI is InChI=1S/C14H21NO3/c1-3-15(10-11-17-4-2)14(16)18-12-13-8-6-5-7-9-13/h5-9H,3-4,10-12H2,1-2H3. The van der Waals surface area contributed by atoms with E-state index in [1.807, 2.05) is 44.2 Å². The van der Waals surface area contributed by atoms with E-state index in [1.54, 1.807) is 4.90 Å². The molecule has 1 aromatic carbocycles. The Morgan fingerprint density at radius 2 is 1.94 bits per heavy atom. The molecule has 0 aliphatic rings. The Bertz CT molecular complexity index is 340. The normalized spacial score (nSPS) is 10.1. The van der Waals surface area contributed by atoms with Crippen molar-refractivity contribution in [3.05, 3.63) is 35.9 Å². The number of carbonyl (C=O) groups excluding carboxylic acids is 1. The molecule has 0 atom stereocenters. The molecule has 0 aliphatic heterocycles. The van der Waals surface area contributed by atoms with Gasteiger partial charge in [-0.05, 0) is 19.4 Å². The van der Waals surface area contributed by atoms with Gasteiger partial charge in [-0.15, -0.1) is 0 Å². The summed E-state index contributed by atoms with van der Waals surface area (Å²) in [6.07, 6.45) is -0.291. The molecule has 0 unspecified atom stereocenters. The molecule has 1 aromatic rings. The van der Waals surface area contributed by atoms with E-state index in [4.69, 9.17) is 9.47 Å². The first-order valence-corrected chi connectivity index (χ1v) is 6.31. The lowest BCUT2D eigenvalue weighted by molar-refractivity contribution is 0.0763. The van der Waals surface area contributed by atoms with Gasteiger partial charge in [-0.3, -0.25) is 0 Å². The van der Waals surface area contributed by atoms with Crippen molar-refractivity contribution in [2.24, 2.45) is 0 Å². The van der Waals surface area contributed by atoms with Gasteiger partial charge in [-0.2, -0.15) is 0 Å². The molecule has 18 heavy (non-hydrogen) atoms. The van der Waals surface area contributed by atoms with E-state index in [2.05, 4.69) is 0 Å². The summed E-state index contributed by atoms with van der Waals surface area (Å²) in [6.45, 7) is 6.57. The zero-order chi connectivity index (χ0) is 13.2. The molecule has 0 fully saturated rings. The van der Waals surface area contributed by atoms with Crippen LogP contribution in [-0.2, 0) is 16.1 Å². The van der Waals surface area contributed by atoms with Crippen LogP contribution in [-0.4, -0.2) is 37.3 Å². The fourth-order valence-electron chi connectivity index (χ4n) is 1.51. The van der Waals surface area contributed by atoms with Crippen LogP contribution in [0.25, 0.3) is 0 Å². The highest BCUT2D eigenvalue weighted by Gasteiger charge is 2.12. The maximum absolute atomic E-state index is 11.8. The third-order valence-electron chi connectivity index (χ3n) is 2.55. The van der Waals surface area contributed by atoms with Crippen LogP contribution in [0.3, 0.4) is 0 Å². The summed E-state index contributed by atoms with van der Waals surface area (Å²) in [5.41, 5.74) is 0.992. The molecule has 0 spiro atoms. The van der Waals surface area contributed by atoms with Crippen LogP contribution in [0.1, 0.15) is 19.4 Å². The molecule has 0 aromatic heterocycles. The predicted octanol–water partition coefficient (Wildman–Crippen LogP) is 2.68. The first-order chi connectivity index (χ1) is 8.77. The van der Waals surface area contributed by atoms with Gasteiger partial charge in [-0.25, -0.2) is 4.79 Å².